The molecule has 1 aliphatic rings. The van der Waals surface area contributed by atoms with E-state index in [-0.39, 0.29) is 29.1 Å². The number of carbonyl (C=O) groups excluding carboxylic acids is 2. The van der Waals surface area contributed by atoms with Gasteiger partial charge in [0.2, 0.25) is 5.91 Å². The van der Waals surface area contributed by atoms with Gasteiger partial charge in [0.1, 0.15) is 0 Å². The number of thiazole rings is 1. The Kier molecular flexibility index (Phi) is 11.0. The molecule has 1 aliphatic heterocycles. The average Bonchev–Trinajstić information content (AvgIpc) is 3.48. The van der Waals surface area contributed by atoms with Crippen LogP contribution in [0.4, 0.5) is 5.69 Å². The van der Waals surface area contributed by atoms with Crippen LogP contribution in [-0.4, -0.2) is 43.6 Å². The molecule has 0 bridgehead atoms. The lowest BCUT2D eigenvalue weighted by Gasteiger charge is -2.39. The number of ether oxygens (including phenoxy) is 1. The predicted octanol–water partition coefficient (Wildman–Crippen LogP) is 8.25. The Morgan fingerprint density at radius 3 is 2.55 bits per heavy atom. The van der Waals surface area contributed by atoms with Crippen LogP contribution in [0.5, 0.6) is 0 Å². The van der Waals surface area contributed by atoms with Gasteiger partial charge in [0.15, 0.2) is 18.4 Å². The fourth-order valence-electron chi connectivity index (χ4n) is 4.30. The van der Waals surface area contributed by atoms with Crippen molar-refractivity contribution in [1.29, 1.82) is 0 Å². The molecule has 1 unspecified atom stereocenters. The molecule has 2 heterocycles. The first-order valence-corrected chi connectivity index (χ1v) is 18.6. The second-order valence-electron chi connectivity index (χ2n) is 11.4. The molecule has 1 saturated heterocycles. The molecular weight excluding hydrogens is 533 g/mol. The van der Waals surface area contributed by atoms with Gasteiger partial charge in [0.05, 0.1) is 12.7 Å². The third kappa shape index (κ3) is 7.93. The number of esters is 1. The quantitative estimate of drug-likeness (QED) is 0.103. The molecule has 2 atom stereocenters. The van der Waals surface area contributed by atoms with Crippen molar-refractivity contribution in [3.63, 3.8) is 0 Å². The molecule has 0 radical (unpaired) electrons. The van der Waals surface area contributed by atoms with Crippen molar-refractivity contribution in [3.05, 3.63) is 40.9 Å². The Hall–Kier alpha value is -1.68. The van der Waals surface area contributed by atoms with Crippen molar-refractivity contribution in [2.45, 2.75) is 108 Å². The van der Waals surface area contributed by atoms with E-state index in [1.807, 2.05) is 4.90 Å². The molecule has 2 aromatic rings. The molecule has 38 heavy (non-hydrogen) atoms. The Labute approximate surface area is 238 Å². The first-order chi connectivity index (χ1) is 18.0. The normalized spacial score (nSPS) is 17.2. The molecule has 6 nitrogen and oxygen atoms in total. The summed E-state index contributed by atoms with van der Waals surface area (Å²) in [5, 5.41) is 1.89. The summed E-state index contributed by atoms with van der Waals surface area (Å²) in [5.41, 5.74) is 2.48. The third-order valence-corrected chi connectivity index (χ3v) is 14.2. The zero-order valence-electron chi connectivity index (χ0n) is 24.0. The van der Waals surface area contributed by atoms with Crippen molar-refractivity contribution in [3.8, 4) is 0 Å². The number of thioether (sulfide) groups is 1. The smallest absolute Gasteiger partial charge is 0.357 e. The first kappa shape index (κ1) is 30.9. The van der Waals surface area contributed by atoms with Gasteiger partial charge in [-0.1, -0.05) is 70.9 Å². The van der Waals surface area contributed by atoms with Crippen molar-refractivity contribution in [1.82, 2.24) is 4.98 Å². The minimum absolute atomic E-state index is 0.0793. The maximum absolute atomic E-state index is 12.9. The average molecular weight is 577 g/mol. The molecule has 0 spiro atoms. The molecule has 1 fully saturated rings. The highest BCUT2D eigenvalue weighted by molar-refractivity contribution is 8.01. The van der Waals surface area contributed by atoms with E-state index >= 15 is 0 Å². The number of hydrogen-bond acceptors (Lipinski definition) is 7. The fraction of sp³-hybridized carbons (Fsp3) is 0.621. The number of aromatic nitrogens is 1. The minimum Gasteiger partial charge on any atom is -0.461 e. The number of rotatable bonds is 13. The van der Waals surface area contributed by atoms with Crippen LogP contribution >= 0.6 is 23.1 Å². The summed E-state index contributed by atoms with van der Waals surface area (Å²) in [6.45, 7) is 15.8. The van der Waals surface area contributed by atoms with Crippen molar-refractivity contribution < 1.29 is 18.8 Å². The standard InChI is InChI=1S/C29H44N2O4S2Si/c1-8-10-11-12-25(35-38(6,7)29(3,4)5)21-13-15-22(16-14-21)31-23(17-18-26(31)32)19-36-28-30-24(20-37-28)27(33)34-9-2/h13-16,20,23,25H,8-12,17-19H2,1-7H3/t23-,25?/m1/s1. The van der Waals surface area contributed by atoms with Crippen LogP contribution < -0.4 is 4.90 Å². The Morgan fingerprint density at radius 1 is 1.21 bits per heavy atom. The molecule has 1 amide bonds. The van der Waals surface area contributed by atoms with Gasteiger partial charge in [-0.15, -0.1) is 11.3 Å². The maximum Gasteiger partial charge on any atom is 0.357 e. The van der Waals surface area contributed by atoms with Crippen LogP contribution in [0.1, 0.15) is 95.3 Å². The van der Waals surface area contributed by atoms with Gasteiger partial charge < -0.3 is 14.1 Å². The summed E-state index contributed by atoms with van der Waals surface area (Å²) in [4.78, 5) is 31.2. The summed E-state index contributed by atoms with van der Waals surface area (Å²) in [7, 11) is -1.93. The molecule has 9 heteroatoms. The van der Waals surface area contributed by atoms with E-state index in [1.54, 1.807) is 24.1 Å². The van der Waals surface area contributed by atoms with Crippen molar-refractivity contribution in [2.24, 2.45) is 0 Å². The van der Waals surface area contributed by atoms with E-state index < -0.39 is 8.32 Å². The zero-order valence-corrected chi connectivity index (χ0v) is 26.7. The number of nitrogens with zero attached hydrogens (tertiary/aromatic N) is 2. The highest BCUT2D eigenvalue weighted by atomic mass is 32.2. The van der Waals surface area contributed by atoms with Crippen molar-refractivity contribution in [2.75, 3.05) is 17.3 Å². The Morgan fingerprint density at radius 2 is 1.92 bits per heavy atom. The van der Waals surface area contributed by atoms with Crippen LogP contribution in [0.15, 0.2) is 34.0 Å². The van der Waals surface area contributed by atoms with Gasteiger partial charge in [0.25, 0.3) is 0 Å². The lowest BCUT2D eigenvalue weighted by atomic mass is 10.0. The van der Waals surface area contributed by atoms with Crippen LogP contribution in [0.3, 0.4) is 0 Å². The molecule has 1 aromatic carbocycles. The summed E-state index contributed by atoms with van der Waals surface area (Å²) >= 11 is 3.03. The van der Waals surface area contributed by atoms with E-state index in [4.69, 9.17) is 9.16 Å². The van der Waals surface area contributed by atoms with E-state index in [1.165, 1.54) is 29.7 Å². The monoisotopic (exact) mass is 576 g/mol. The fourth-order valence-corrected chi connectivity index (χ4v) is 7.57. The highest BCUT2D eigenvalue weighted by Crippen LogP contribution is 2.41. The van der Waals surface area contributed by atoms with Gasteiger partial charge in [-0.2, -0.15) is 0 Å². The molecule has 3 rings (SSSR count). The van der Waals surface area contributed by atoms with Crippen molar-refractivity contribution >= 4 is 49.0 Å². The highest BCUT2D eigenvalue weighted by Gasteiger charge is 2.39. The van der Waals surface area contributed by atoms with Gasteiger partial charge in [-0.25, -0.2) is 9.78 Å². The predicted molar refractivity (Wildman–Crippen MR) is 161 cm³/mol. The number of anilines is 1. The molecule has 0 N–H and O–H groups in total. The number of unbranched alkanes of at least 4 members (excludes halogenated alkanes) is 2. The summed E-state index contributed by atoms with van der Waals surface area (Å²) < 4.78 is 12.7. The molecule has 1 aromatic heterocycles. The van der Waals surface area contributed by atoms with Crippen LogP contribution in [-0.2, 0) is 14.0 Å². The lowest BCUT2D eigenvalue weighted by Crippen LogP contribution is -2.41. The molecule has 0 saturated carbocycles. The number of amides is 1. The van der Waals surface area contributed by atoms with Gasteiger partial charge in [-0.05, 0) is 55.6 Å². The van der Waals surface area contributed by atoms with Crippen LogP contribution in [0.2, 0.25) is 18.1 Å². The third-order valence-electron chi connectivity index (χ3n) is 7.55. The summed E-state index contributed by atoms with van der Waals surface area (Å²) in [5.74, 6) is 0.503. The second-order valence-corrected chi connectivity index (χ2v) is 18.3. The number of carbonyl (C=O) groups is 2. The Balaban J connectivity index is 1.71. The van der Waals surface area contributed by atoms with E-state index in [0.29, 0.717) is 18.7 Å². The van der Waals surface area contributed by atoms with E-state index in [9.17, 15) is 9.59 Å². The SMILES string of the molecule is CCCCCC(O[Si](C)(C)C(C)(C)C)c1ccc(N2C(=O)CC[C@@H]2CSc2nc(C(=O)OCC)cs2)cc1. The largest absolute Gasteiger partial charge is 0.461 e. The van der Waals surface area contributed by atoms with Crippen LogP contribution in [0.25, 0.3) is 0 Å². The maximum atomic E-state index is 12.9. The Bertz CT molecular complexity index is 1070. The molecule has 210 valence electrons. The van der Waals surface area contributed by atoms with Crippen LogP contribution in [0, 0.1) is 0 Å². The summed E-state index contributed by atoms with van der Waals surface area (Å²) in [6, 6.07) is 8.57. The zero-order chi connectivity index (χ0) is 27.9. The van der Waals surface area contributed by atoms with Gasteiger partial charge in [0, 0.05) is 29.3 Å². The van der Waals surface area contributed by atoms with E-state index in [2.05, 4.69) is 70.0 Å². The first-order valence-electron chi connectivity index (χ1n) is 13.8. The molecular formula is C29H44N2O4S2Si. The van der Waals surface area contributed by atoms with Gasteiger partial charge in [-0.3, -0.25) is 4.79 Å². The topological polar surface area (TPSA) is 68.7 Å². The van der Waals surface area contributed by atoms with Gasteiger partial charge >= 0.3 is 5.97 Å². The molecule has 0 aliphatic carbocycles. The number of hydrogen-bond donors (Lipinski definition) is 0. The summed E-state index contributed by atoms with van der Waals surface area (Å²) in [6.07, 6.45) is 6.00. The minimum atomic E-state index is -1.93. The number of benzene rings is 1. The van der Waals surface area contributed by atoms with E-state index in [0.717, 1.165) is 35.0 Å². The lowest BCUT2D eigenvalue weighted by molar-refractivity contribution is -0.117. The second kappa shape index (κ2) is 13.6.